The highest BCUT2D eigenvalue weighted by molar-refractivity contribution is 5.88. The Bertz CT molecular complexity index is 872. The third-order valence-electron chi connectivity index (χ3n) is 5.22. The van der Waals surface area contributed by atoms with Gasteiger partial charge in [-0.05, 0) is 68.1 Å². The zero-order valence-electron chi connectivity index (χ0n) is 15.5. The Morgan fingerprint density at radius 3 is 2.58 bits per heavy atom. The molecule has 0 bridgehead atoms. The maximum atomic E-state index is 14.6. The molecular weight excluding hydrogens is 331 g/mol. The summed E-state index contributed by atoms with van der Waals surface area (Å²) in [4.78, 5) is 17.3. The van der Waals surface area contributed by atoms with Gasteiger partial charge in [0.15, 0.2) is 0 Å². The minimum atomic E-state index is -0.984. The van der Waals surface area contributed by atoms with E-state index in [1.54, 1.807) is 18.2 Å². The molecule has 0 fully saturated rings. The van der Waals surface area contributed by atoms with Gasteiger partial charge in [-0.25, -0.2) is 9.18 Å². The molecule has 0 aliphatic carbocycles. The Kier molecular flexibility index (Phi) is 4.57. The predicted molar refractivity (Wildman–Crippen MR) is 103 cm³/mol. The number of aliphatic imine (C=N–C) groups is 1. The molecular formula is C21H23FN2O2. The summed E-state index contributed by atoms with van der Waals surface area (Å²) in [6, 6.07) is 9.64. The zero-order valence-corrected chi connectivity index (χ0v) is 15.5. The summed E-state index contributed by atoms with van der Waals surface area (Å²) in [6.45, 7) is 6.50. The summed E-state index contributed by atoms with van der Waals surface area (Å²) in [5.74, 6) is -0.965. The third kappa shape index (κ3) is 3.34. The molecule has 2 aromatic rings. The van der Waals surface area contributed by atoms with E-state index in [4.69, 9.17) is 5.11 Å². The van der Waals surface area contributed by atoms with Crippen LogP contribution in [0.3, 0.4) is 0 Å². The highest BCUT2D eigenvalue weighted by Crippen LogP contribution is 2.43. The van der Waals surface area contributed by atoms with Gasteiger partial charge in [0.2, 0.25) is 0 Å². The van der Waals surface area contributed by atoms with Crippen LogP contribution in [-0.4, -0.2) is 29.9 Å². The molecule has 136 valence electrons. The van der Waals surface area contributed by atoms with E-state index >= 15 is 0 Å². The second-order valence-electron chi connectivity index (χ2n) is 7.52. The van der Waals surface area contributed by atoms with Gasteiger partial charge < -0.3 is 10.0 Å². The normalized spacial score (nSPS) is 18.8. The number of fused-ring (bicyclic) bond motifs is 1. The summed E-state index contributed by atoms with van der Waals surface area (Å²) in [7, 11) is 2.00. The first-order valence-electron chi connectivity index (χ1n) is 8.64. The molecule has 0 spiro atoms. The molecule has 0 amide bonds. The number of hydrogen-bond donors (Lipinski definition) is 1. The monoisotopic (exact) mass is 354 g/mol. The molecule has 1 heterocycles. The van der Waals surface area contributed by atoms with Crippen LogP contribution in [0.15, 0.2) is 41.4 Å². The molecule has 2 aromatic carbocycles. The summed E-state index contributed by atoms with van der Waals surface area (Å²) in [5.41, 5.74) is 3.25. The number of nitrogens with zero attached hydrogens (tertiary/aromatic N) is 2. The van der Waals surface area contributed by atoms with Crippen LogP contribution in [0, 0.1) is 5.82 Å². The lowest BCUT2D eigenvalue weighted by molar-refractivity contribution is 0.0697. The van der Waals surface area contributed by atoms with Gasteiger partial charge in [-0.15, -0.1) is 0 Å². The maximum Gasteiger partial charge on any atom is 0.335 e. The van der Waals surface area contributed by atoms with Crippen molar-refractivity contribution in [1.29, 1.82) is 0 Å². The van der Waals surface area contributed by atoms with Crippen LogP contribution in [0.4, 0.5) is 15.8 Å². The van der Waals surface area contributed by atoms with Crippen molar-refractivity contribution in [2.24, 2.45) is 4.99 Å². The van der Waals surface area contributed by atoms with Crippen molar-refractivity contribution in [3.63, 3.8) is 0 Å². The van der Waals surface area contributed by atoms with E-state index in [9.17, 15) is 9.18 Å². The molecule has 4 nitrogen and oxygen atoms in total. The van der Waals surface area contributed by atoms with E-state index in [1.165, 1.54) is 18.3 Å². The molecule has 5 heteroatoms. The molecule has 1 aliphatic rings. The van der Waals surface area contributed by atoms with E-state index in [-0.39, 0.29) is 16.9 Å². The highest BCUT2D eigenvalue weighted by atomic mass is 19.1. The van der Waals surface area contributed by atoms with Crippen molar-refractivity contribution >= 4 is 23.6 Å². The molecule has 0 aromatic heterocycles. The van der Waals surface area contributed by atoms with Crippen LogP contribution < -0.4 is 4.90 Å². The van der Waals surface area contributed by atoms with Crippen LogP contribution in [0.5, 0.6) is 0 Å². The molecule has 1 unspecified atom stereocenters. The predicted octanol–water partition coefficient (Wildman–Crippen LogP) is 5.00. The molecule has 1 atom stereocenters. The minimum Gasteiger partial charge on any atom is -0.478 e. The van der Waals surface area contributed by atoms with Gasteiger partial charge in [0.1, 0.15) is 5.82 Å². The van der Waals surface area contributed by atoms with E-state index in [2.05, 4.69) is 30.7 Å². The lowest BCUT2D eigenvalue weighted by Crippen LogP contribution is -2.45. The van der Waals surface area contributed by atoms with Gasteiger partial charge in [0.05, 0.1) is 11.3 Å². The molecule has 0 saturated heterocycles. The Balaban J connectivity index is 1.92. The fourth-order valence-corrected chi connectivity index (χ4v) is 3.54. The summed E-state index contributed by atoms with van der Waals surface area (Å²) >= 11 is 0. The second kappa shape index (κ2) is 6.56. The van der Waals surface area contributed by atoms with Crippen LogP contribution in [0.1, 0.15) is 54.6 Å². The minimum absolute atomic E-state index is 0.0135. The van der Waals surface area contributed by atoms with Gasteiger partial charge in [-0.3, -0.25) is 4.99 Å². The number of carbonyl (C=O) groups is 1. The molecule has 3 rings (SSSR count). The largest absolute Gasteiger partial charge is 0.478 e. The van der Waals surface area contributed by atoms with E-state index < -0.39 is 5.97 Å². The number of halogens is 1. The van der Waals surface area contributed by atoms with Crippen molar-refractivity contribution in [3.8, 4) is 0 Å². The van der Waals surface area contributed by atoms with Crippen molar-refractivity contribution in [3.05, 3.63) is 58.9 Å². The number of aromatic carboxylic acids is 1. The number of anilines is 1. The Morgan fingerprint density at radius 1 is 1.31 bits per heavy atom. The molecule has 26 heavy (non-hydrogen) atoms. The molecule has 0 radical (unpaired) electrons. The SMILES string of the molecule is CC1CC(C)(C)N(C)c2cc(F)c(C=Nc3ccc(C(=O)O)cc3)cc21. The zero-order chi connectivity index (χ0) is 19.1. The number of hydrogen-bond acceptors (Lipinski definition) is 3. The fourth-order valence-electron chi connectivity index (χ4n) is 3.54. The van der Waals surface area contributed by atoms with E-state index in [1.807, 2.05) is 13.1 Å². The standard InChI is InChI=1S/C21H23FN2O2/c1-13-11-21(2,3)24(4)19-10-18(22)15(9-17(13)19)12-23-16-7-5-14(6-8-16)20(25)26/h5-10,12-13H,11H2,1-4H3,(H,25,26). The first kappa shape index (κ1) is 18.1. The molecule has 0 saturated carbocycles. The lowest BCUT2D eigenvalue weighted by atomic mass is 9.80. The molecule has 1 N–H and O–H groups in total. The average Bonchev–Trinajstić information content (AvgIpc) is 2.58. The van der Waals surface area contributed by atoms with Crippen molar-refractivity contribution in [2.45, 2.75) is 38.6 Å². The smallest absolute Gasteiger partial charge is 0.335 e. The average molecular weight is 354 g/mol. The quantitative estimate of drug-likeness (QED) is 0.790. The lowest BCUT2D eigenvalue weighted by Gasteiger charge is -2.45. The van der Waals surface area contributed by atoms with Crippen molar-refractivity contribution in [1.82, 2.24) is 0 Å². The van der Waals surface area contributed by atoms with Crippen LogP contribution in [0.25, 0.3) is 0 Å². The summed E-state index contributed by atoms with van der Waals surface area (Å²) in [6.07, 6.45) is 2.49. The Morgan fingerprint density at radius 2 is 1.96 bits per heavy atom. The molecule has 1 aliphatic heterocycles. The topological polar surface area (TPSA) is 52.9 Å². The fraction of sp³-hybridized carbons (Fsp3) is 0.333. The van der Waals surface area contributed by atoms with Crippen LogP contribution in [0.2, 0.25) is 0 Å². The third-order valence-corrected chi connectivity index (χ3v) is 5.22. The summed E-state index contributed by atoms with van der Waals surface area (Å²) in [5, 5.41) is 8.92. The summed E-state index contributed by atoms with van der Waals surface area (Å²) < 4.78 is 14.6. The van der Waals surface area contributed by atoms with Gasteiger partial charge in [-0.2, -0.15) is 0 Å². The van der Waals surface area contributed by atoms with Gasteiger partial charge in [0.25, 0.3) is 0 Å². The number of rotatable bonds is 3. The van der Waals surface area contributed by atoms with Gasteiger partial charge in [-0.1, -0.05) is 6.92 Å². The van der Waals surface area contributed by atoms with E-state index in [0.29, 0.717) is 17.2 Å². The van der Waals surface area contributed by atoms with Crippen LogP contribution >= 0.6 is 0 Å². The Labute approximate surface area is 153 Å². The second-order valence-corrected chi connectivity index (χ2v) is 7.52. The first-order chi connectivity index (χ1) is 12.2. The first-order valence-corrected chi connectivity index (χ1v) is 8.64. The number of benzene rings is 2. The maximum absolute atomic E-state index is 14.6. The van der Waals surface area contributed by atoms with Gasteiger partial charge >= 0.3 is 5.97 Å². The van der Waals surface area contributed by atoms with Crippen LogP contribution in [-0.2, 0) is 0 Å². The van der Waals surface area contributed by atoms with E-state index in [0.717, 1.165) is 17.7 Å². The van der Waals surface area contributed by atoms with Crippen molar-refractivity contribution in [2.75, 3.05) is 11.9 Å². The van der Waals surface area contributed by atoms with Crippen molar-refractivity contribution < 1.29 is 14.3 Å². The Hall–Kier alpha value is -2.69. The van der Waals surface area contributed by atoms with Gasteiger partial charge in [0, 0.05) is 30.1 Å². The number of carboxylic acid groups (broad SMARTS) is 1. The number of carboxylic acids is 1. The highest BCUT2D eigenvalue weighted by Gasteiger charge is 2.34.